The second kappa shape index (κ2) is 4.52. The highest BCUT2D eigenvalue weighted by Gasteiger charge is 2.18. The van der Waals surface area contributed by atoms with Crippen molar-refractivity contribution < 1.29 is 14.7 Å². The molecule has 1 aromatic carbocycles. The minimum absolute atomic E-state index is 0.0128. The lowest BCUT2D eigenvalue weighted by molar-refractivity contribution is 0.0692. The number of hydrogen-bond donors (Lipinski definition) is 1. The maximum absolute atomic E-state index is 12.0. The van der Waals surface area contributed by atoms with Crippen LogP contribution >= 0.6 is 0 Å². The van der Waals surface area contributed by atoms with E-state index < -0.39 is 11.8 Å². The summed E-state index contributed by atoms with van der Waals surface area (Å²) in [5.74, 6) is -1.66. The highest BCUT2D eigenvalue weighted by molar-refractivity contribution is 6.12. The quantitative estimate of drug-likeness (QED) is 0.803. The van der Waals surface area contributed by atoms with Crippen LogP contribution in [0, 0.1) is 0 Å². The Bertz CT molecular complexity index is 567. The maximum atomic E-state index is 12.0. The van der Waals surface area contributed by atoms with E-state index in [1.807, 2.05) is 0 Å². The zero-order valence-electron chi connectivity index (χ0n) is 8.70. The highest BCUT2D eigenvalue weighted by Crippen LogP contribution is 2.12. The molecule has 1 N–H and O–H groups in total. The number of benzene rings is 1. The molecule has 0 fully saturated rings. The number of aromatic nitrogens is 2. The molecule has 0 saturated carbocycles. The van der Waals surface area contributed by atoms with E-state index in [9.17, 15) is 9.59 Å². The molecule has 0 saturated heterocycles. The molecule has 1 heterocycles. The molecule has 2 aromatic rings. The van der Waals surface area contributed by atoms with Crippen molar-refractivity contribution in [2.24, 2.45) is 0 Å². The van der Waals surface area contributed by atoms with E-state index in [1.54, 1.807) is 18.2 Å². The molecule has 0 aliphatic heterocycles. The van der Waals surface area contributed by atoms with Crippen LogP contribution in [-0.4, -0.2) is 26.8 Å². The number of hydrogen-bond acceptors (Lipinski definition) is 4. The molecule has 0 radical (unpaired) electrons. The molecule has 0 bridgehead atoms. The largest absolute Gasteiger partial charge is 0.478 e. The van der Waals surface area contributed by atoms with E-state index in [1.165, 1.54) is 24.5 Å². The van der Waals surface area contributed by atoms with Crippen molar-refractivity contribution in [3.63, 3.8) is 0 Å². The molecule has 5 nitrogen and oxygen atoms in total. The minimum Gasteiger partial charge on any atom is -0.478 e. The van der Waals surface area contributed by atoms with Crippen LogP contribution in [0.2, 0.25) is 0 Å². The van der Waals surface area contributed by atoms with Gasteiger partial charge >= 0.3 is 5.97 Å². The van der Waals surface area contributed by atoms with Gasteiger partial charge in [0.1, 0.15) is 0 Å². The van der Waals surface area contributed by atoms with Crippen molar-refractivity contribution in [3.8, 4) is 0 Å². The summed E-state index contributed by atoms with van der Waals surface area (Å²) in [4.78, 5) is 30.6. The fourth-order valence-corrected chi connectivity index (χ4v) is 1.40. The van der Waals surface area contributed by atoms with E-state index in [-0.39, 0.29) is 17.0 Å². The normalized spacial score (nSPS) is 9.88. The van der Waals surface area contributed by atoms with Crippen LogP contribution in [0.1, 0.15) is 26.5 Å². The molecule has 0 unspecified atom stereocenters. The zero-order valence-corrected chi connectivity index (χ0v) is 8.70. The van der Waals surface area contributed by atoms with Crippen molar-refractivity contribution in [2.45, 2.75) is 0 Å². The lowest BCUT2D eigenvalue weighted by atomic mass is 10.0. The smallest absolute Gasteiger partial charge is 0.336 e. The van der Waals surface area contributed by atoms with Gasteiger partial charge in [-0.25, -0.2) is 14.8 Å². The predicted molar refractivity (Wildman–Crippen MR) is 58.9 cm³/mol. The maximum Gasteiger partial charge on any atom is 0.336 e. The second-order valence-corrected chi connectivity index (χ2v) is 3.25. The van der Waals surface area contributed by atoms with Crippen LogP contribution in [-0.2, 0) is 0 Å². The van der Waals surface area contributed by atoms with Crippen molar-refractivity contribution >= 4 is 11.8 Å². The van der Waals surface area contributed by atoms with Gasteiger partial charge in [0.05, 0.1) is 5.56 Å². The van der Waals surface area contributed by atoms with Gasteiger partial charge in [-0.3, -0.25) is 4.79 Å². The van der Waals surface area contributed by atoms with Gasteiger partial charge in [-0.1, -0.05) is 18.2 Å². The van der Waals surface area contributed by atoms with E-state index in [0.29, 0.717) is 0 Å². The van der Waals surface area contributed by atoms with Gasteiger partial charge in [0.2, 0.25) is 11.6 Å². The van der Waals surface area contributed by atoms with Gasteiger partial charge < -0.3 is 5.11 Å². The molecule has 0 amide bonds. The number of carbonyl (C=O) groups excluding carboxylic acids is 1. The summed E-state index contributed by atoms with van der Waals surface area (Å²) in [6.45, 7) is 0. The van der Waals surface area contributed by atoms with Crippen molar-refractivity contribution in [2.75, 3.05) is 0 Å². The van der Waals surface area contributed by atoms with E-state index >= 15 is 0 Å². The van der Waals surface area contributed by atoms with Gasteiger partial charge in [0.15, 0.2) is 0 Å². The number of aromatic carboxylic acids is 1. The first-order valence-corrected chi connectivity index (χ1v) is 4.84. The average Bonchev–Trinajstić information content (AvgIpc) is 2.39. The molecular weight excluding hydrogens is 220 g/mol. The van der Waals surface area contributed by atoms with Crippen LogP contribution in [0.15, 0.2) is 42.7 Å². The summed E-state index contributed by atoms with van der Waals surface area (Å²) in [6, 6.07) is 7.56. The van der Waals surface area contributed by atoms with E-state index in [4.69, 9.17) is 5.11 Å². The zero-order chi connectivity index (χ0) is 12.3. The van der Waals surface area contributed by atoms with Crippen molar-refractivity contribution in [1.29, 1.82) is 0 Å². The Hall–Kier alpha value is -2.56. The monoisotopic (exact) mass is 228 g/mol. The molecule has 17 heavy (non-hydrogen) atoms. The van der Waals surface area contributed by atoms with Gasteiger partial charge in [-0.15, -0.1) is 0 Å². The Labute approximate surface area is 96.8 Å². The number of carbonyl (C=O) groups is 2. The first-order chi connectivity index (χ1) is 8.20. The van der Waals surface area contributed by atoms with Gasteiger partial charge in [0, 0.05) is 18.0 Å². The third-order valence-corrected chi connectivity index (χ3v) is 2.17. The number of carboxylic acid groups (broad SMARTS) is 1. The van der Waals surface area contributed by atoms with Gasteiger partial charge in [-0.05, 0) is 12.1 Å². The number of nitrogens with zero attached hydrogens (tertiary/aromatic N) is 2. The van der Waals surface area contributed by atoms with Crippen LogP contribution in [0.25, 0.3) is 0 Å². The molecular formula is C12H8N2O3. The lowest BCUT2D eigenvalue weighted by Crippen LogP contribution is -2.12. The van der Waals surface area contributed by atoms with Gasteiger partial charge in [-0.2, -0.15) is 0 Å². The SMILES string of the molecule is O=C(O)c1ccccc1C(=O)c1ncccn1. The van der Waals surface area contributed by atoms with E-state index in [0.717, 1.165) is 0 Å². The number of rotatable bonds is 3. The fraction of sp³-hybridized carbons (Fsp3) is 0. The molecule has 0 atom stereocenters. The van der Waals surface area contributed by atoms with Gasteiger partial charge in [0.25, 0.3) is 0 Å². The average molecular weight is 228 g/mol. The molecule has 1 aromatic heterocycles. The third-order valence-electron chi connectivity index (χ3n) is 2.17. The standard InChI is InChI=1S/C12H8N2O3/c15-10(11-13-6-3-7-14-11)8-4-1-2-5-9(8)12(16)17/h1-7H,(H,16,17). The minimum atomic E-state index is -1.15. The summed E-state index contributed by atoms with van der Waals surface area (Å²) in [6.07, 6.45) is 2.87. The number of carboxylic acids is 1. The van der Waals surface area contributed by atoms with E-state index in [2.05, 4.69) is 9.97 Å². The molecule has 0 aliphatic carbocycles. The van der Waals surface area contributed by atoms with Crippen molar-refractivity contribution in [1.82, 2.24) is 9.97 Å². The summed E-state index contributed by atoms with van der Waals surface area (Å²) in [7, 11) is 0. The molecule has 2 rings (SSSR count). The molecule has 5 heteroatoms. The second-order valence-electron chi connectivity index (χ2n) is 3.25. The third kappa shape index (κ3) is 2.17. The lowest BCUT2D eigenvalue weighted by Gasteiger charge is -2.03. The Balaban J connectivity index is 2.48. The highest BCUT2D eigenvalue weighted by atomic mass is 16.4. The Kier molecular flexibility index (Phi) is 2.91. The topological polar surface area (TPSA) is 80.1 Å². The number of ketones is 1. The summed E-state index contributed by atoms with van der Waals surface area (Å²) in [5, 5.41) is 8.97. The Morgan fingerprint density at radius 3 is 2.12 bits per heavy atom. The fourth-order valence-electron chi connectivity index (χ4n) is 1.40. The predicted octanol–water partition coefficient (Wildman–Crippen LogP) is 1.41. The van der Waals surface area contributed by atoms with Crippen LogP contribution < -0.4 is 0 Å². The first kappa shape index (κ1) is 10.9. The molecule has 0 aliphatic rings. The van der Waals surface area contributed by atoms with Crippen LogP contribution in [0.4, 0.5) is 0 Å². The summed E-state index contributed by atoms with van der Waals surface area (Å²) in [5.41, 5.74) is 0.0381. The molecule has 84 valence electrons. The first-order valence-electron chi connectivity index (χ1n) is 4.84. The van der Waals surface area contributed by atoms with Crippen LogP contribution in [0.5, 0.6) is 0 Å². The summed E-state index contributed by atoms with van der Waals surface area (Å²) >= 11 is 0. The van der Waals surface area contributed by atoms with Crippen molar-refractivity contribution in [3.05, 3.63) is 59.7 Å². The van der Waals surface area contributed by atoms with Crippen LogP contribution in [0.3, 0.4) is 0 Å². The molecule has 0 spiro atoms. The summed E-state index contributed by atoms with van der Waals surface area (Å²) < 4.78 is 0. The Morgan fingerprint density at radius 1 is 0.941 bits per heavy atom. The Morgan fingerprint density at radius 2 is 1.53 bits per heavy atom.